The van der Waals surface area contributed by atoms with Crippen LogP contribution in [-0.2, 0) is 6.42 Å². The molecule has 0 spiro atoms. The van der Waals surface area contributed by atoms with Crippen molar-refractivity contribution in [1.29, 1.82) is 0 Å². The average molecular weight is 434 g/mol. The van der Waals surface area contributed by atoms with Gasteiger partial charge in [0.15, 0.2) is 17.8 Å². The number of hydrogen-bond acceptors (Lipinski definition) is 4. The first-order chi connectivity index (χ1) is 14.6. The maximum Gasteiger partial charge on any atom is 0.410 e. The molecule has 164 valence electrons. The lowest BCUT2D eigenvalue weighted by molar-refractivity contribution is -0.166. The first-order valence-corrected chi connectivity index (χ1v) is 9.81. The molecule has 0 bridgehead atoms. The number of hydrogen-bond donors (Lipinski definition) is 0. The van der Waals surface area contributed by atoms with Gasteiger partial charge in [0.1, 0.15) is 17.6 Å². The van der Waals surface area contributed by atoms with Crippen molar-refractivity contribution < 1.29 is 22.3 Å². The molecule has 0 N–H and O–H groups in total. The number of nitrogens with zero attached hydrogens (tertiary/aromatic N) is 4. The number of aryl methyl sites for hydroxylation is 1. The third-order valence-corrected chi connectivity index (χ3v) is 5.43. The zero-order chi connectivity index (χ0) is 22.5. The van der Waals surface area contributed by atoms with E-state index in [9.17, 15) is 17.6 Å². The monoisotopic (exact) mass is 434 g/mol. The highest BCUT2D eigenvalue weighted by Gasteiger charge is 2.42. The zero-order valence-electron chi connectivity index (χ0n) is 17.5. The molecule has 4 rings (SSSR count). The highest BCUT2D eigenvalue weighted by molar-refractivity contribution is 5.61. The Balaban J connectivity index is 1.77. The molecule has 2 atom stereocenters. The number of para-hydroxylation sites is 1. The fourth-order valence-electron chi connectivity index (χ4n) is 3.68. The Morgan fingerprint density at radius 3 is 2.55 bits per heavy atom. The van der Waals surface area contributed by atoms with Crippen LogP contribution in [0.2, 0.25) is 0 Å². The van der Waals surface area contributed by atoms with Crippen LogP contribution in [0, 0.1) is 12.7 Å². The molecule has 0 fully saturated rings. The van der Waals surface area contributed by atoms with E-state index < -0.39 is 24.1 Å². The molecule has 2 heterocycles. The van der Waals surface area contributed by atoms with E-state index in [1.54, 1.807) is 31.1 Å². The highest BCUT2D eigenvalue weighted by atomic mass is 19.4. The van der Waals surface area contributed by atoms with Crippen molar-refractivity contribution in [3.8, 4) is 17.1 Å². The molecule has 9 heteroatoms. The van der Waals surface area contributed by atoms with Gasteiger partial charge in [0.05, 0.1) is 5.69 Å². The average Bonchev–Trinajstić information content (AvgIpc) is 3.31. The molecule has 1 aliphatic heterocycles. The van der Waals surface area contributed by atoms with Gasteiger partial charge in [-0.3, -0.25) is 0 Å². The summed E-state index contributed by atoms with van der Waals surface area (Å²) in [6.07, 6.45) is -4.86. The Bertz CT molecular complexity index is 1120. The van der Waals surface area contributed by atoms with Crippen molar-refractivity contribution in [2.24, 2.45) is 0 Å². The van der Waals surface area contributed by atoms with Crippen LogP contribution in [0.3, 0.4) is 0 Å². The molecule has 3 aromatic rings. The Morgan fingerprint density at radius 1 is 1.19 bits per heavy atom. The second-order valence-corrected chi connectivity index (χ2v) is 7.89. The number of aromatic nitrogens is 3. The van der Waals surface area contributed by atoms with Crippen LogP contribution in [0.15, 0.2) is 36.4 Å². The first-order valence-electron chi connectivity index (χ1n) is 9.81. The Morgan fingerprint density at radius 2 is 1.94 bits per heavy atom. The van der Waals surface area contributed by atoms with Gasteiger partial charge in [-0.05, 0) is 43.2 Å². The molecule has 0 saturated heterocycles. The summed E-state index contributed by atoms with van der Waals surface area (Å²) in [5.74, 6) is 0.230. The summed E-state index contributed by atoms with van der Waals surface area (Å²) in [6.45, 7) is 2.90. The lowest BCUT2D eigenvalue weighted by Crippen LogP contribution is -2.27. The number of benzene rings is 2. The molecule has 0 radical (unpaired) electrons. The molecule has 5 nitrogen and oxygen atoms in total. The summed E-state index contributed by atoms with van der Waals surface area (Å²) in [5, 5.41) is 4.12. The van der Waals surface area contributed by atoms with E-state index in [0.29, 0.717) is 23.4 Å². The predicted molar refractivity (Wildman–Crippen MR) is 109 cm³/mol. The molecule has 0 aliphatic carbocycles. The third-order valence-electron chi connectivity index (χ3n) is 5.43. The van der Waals surface area contributed by atoms with Crippen molar-refractivity contribution in [3.05, 3.63) is 59.2 Å². The molecule has 31 heavy (non-hydrogen) atoms. The second-order valence-electron chi connectivity index (χ2n) is 7.89. The normalized spacial score (nSPS) is 16.7. The predicted octanol–water partition coefficient (Wildman–Crippen LogP) is 5.26. The van der Waals surface area contributed by atoms with Crippen molar-refractivity contribution in [1.82, 2.24) is 14.8 Å². The fourth-order valence-corrected chi connectivity index (χ4v) is 3.68. The smallest absolute Gasteiger partial charge is 0.410 e. The van der Waals surface area contributed by atoms with Gasteiger partial charge in [0.25, 0.3) is 0 Å². The van der Waals surface area contributed by atoms with Crippen LogP contribution >= 0.6 is 0 Å². The molecule has 1 aromatic heterocycles. The van der Waals surface area contributed by atoms with Gasteiger partial charge in [0, 0.05) is 26.1 Å². The molecule has 2 aromatic carbocycles. The van der Waals surface area contributed by atoms with Gasteiger partial charge in [-0.2, -0.15) is 18.3 Å². The van der Waals surface area contributed by atoms with Crippen molar-refractivity contribution in [3.63, 3.8) is 0 Å². The summed E-state index contributed by atoms with van der Waals surface area (Å²) in [5.41, 5.74) is 2.46. The lowest BCUT2D eigenvalue weighted by Gasteiger charge is -2.19. The quantitative estimate of drug-likeness (QED) is 0.526. The second kappa shape index (κ2) is 7.55. The summed E-state index contributed by atoms with van der Waals surface area (Å²) >= 11 is 0. The van der Waals surface area contributed by atoms with E-state index in [1.807, 2.05) is 25.1 Å². The molecule has 0 amide bonds. The molecule has 0 saturated carbocycles. The summed E-state index contributed by atoms with van der Waals surface area (Å²) in [4.78, 5) is 5.98. The summed E-state index contributed by atoms with van der Waals surface area (Å²) < 4.78 is 61.9. The van der Waals surface area contributed by atoms with Gasteiger partial charge in [-0.15, -0.1) is 0 Å². The Labute approximate surface area is 177 Å². The van der Waals surface area contributed by atoms with E-state index in [2.05, 4.69) is 10.1 Å². The minimum atomic E-state index is -4.53. The number of rotatable bonds is 4. The standard InChI is InChI=1S/C22H22F4N4O/c1-12-6-5-7-14-11-18(31-19(12)14)21-27-20(28-30(21)13(2)22(24,25)26)15-8-9-17(29(3)4)16(23)10-15/h5-10,13,18H,11H2,1-4H3. The minimum Gasteiger partial charge on any atom is -0.482 e. The van der Waals surface area contributed by atoms with Crippen molar-refractivity contribution >= 4 is 5.69 Å². The summed E-state index contributed by atoms with van der Waals surface area (Å²) in [6, 6.07) is 8.09. The van der Waals surface area contributed by atoms with Gasteiger partial charge in [-0.25, -0.2) is 14.1 Å². The number of alkyl halides is 3. The van der Waals surface area contributed by atoms with Gasteiger partial charge < -0.3 is 9.64 Å². The van der Waals surface area contributed by atoms with E-state index in [-0.39, 0.29) is 11.6 Å². The van der Waals surface area contributed by atoms with E-state index >= 15 is 0 Å². The van der Waals surface area contributed by atoms with Crippen LogP contribution < -0.4 is 9.64 Å². The fraction of sp³-hybridized carbons (Fsp3) is 0.364. The minimum absolute atomic E-state index is 0.0200. The van der Waals surface area contributed by atoms with Crippen molar-refractivity contribution in [2.75, 3.05) is 19.0 Å². The largest absolute Gasteiger partial charge is 0.482 e. The van der Waals surface area contributed by atoms with Crippen LogP contribution in [0.4, 0.5) is 23.2 Å². The highest BCUT2D eigenvalue weighted by Crippen LogP contribution is 2.41. The third kappa shape index (κ3) is 3.84. The number of anilines is 1. The van der Waals surface area contributed by atoms with Crippen LogP contribution in [0.5, 0.6) is 5.75 Å². The molecule has 2 unspecified atom stereocenters. The van der Waals surface area contributed by atoms with Crippen LogP contribution in [-0.4, -0.2) is 35.0 Å². The molecule has 1 aliphatic rings. The zero-order valence-corrected chi connectivity index (χ0v) is 17.5. The Hall–Kier alpha value is -3.10. The maximum absolute atomic E-state index is 14.5. The topological polar surface area (TPSA) is 43.2 Å². The molecular formula is C22H22F4N4O. The summed E-state index contributed by atoms with van der Waals surface area (Å²) in [7, 11) is 3.40. The van der Waals surface area contributed by atoms with E-state index in [1.165, 1.54) is 6.07 Å². The van der Waals surface area contributed by atoms with Crippen LogP contribution in [0.1, 0.15) is 36.0 Å². The lowest BCUT2D eigenvalue weighted by atomic mass is 10.1. The van der Waals surface area contributed by atoms with Gasteiger partial charge in [0.2, 0.25) is 0 Å². The number of halogens is 4. The number of ether oxygens (including phenoxy) is 1. The van der Waals surface area contributed by atoms with Crippen molar-refractivity contribution in [2.45, 2.75) is 38.6 Å². The molecular weight excluding hydrogens is 412 g/mol. The van der Waals surface area contributed by atoms with Gasteiger partial charge in [-0.1, -0.05) is 18.2 Å². The van der Waals surface area contributed by atoms with E-state index in [4.69, 9.17) is 4.74 Å². The Kier molecular flexibility index (Phi) is 5.15. The maximum atomic E-state index is 14.5. The SMILES string of the molecule is Cc1cccc2c1OC(c1nc(-c3ccc(N(C)C)c(F)c3)nn1C(C)C(F)(F)F)C2. The van der Waals surface area contributed by atoms with E-state index in [0.717, 1.165) is 22.7 Å². The van der Waals surface area contributed by atoms with Crippen LogP contribution in [0.25, 0.3) is 11.4 Å². The number of fused-ring (bicyclic) bond motifs is 1. The first kappa shape index (κ1) is 21.1. The van der Waals surface area contributed by atoms with Gasteiger partial charge >= 0.3 is 6.18 Å².